The highest BCUT2D eigenvalue weighted by Gasteiger charge is 2.26. The predicted molar refractivity (Wildman–Crippen MR) is 98.4 cm³/mol. The van der Waals surface area contributed by atoms with Gasteiger partial charge in [-0.1, -0.05) is 6.92 Å². The zero-order valence-corrected chi connectivity index (χ0v) is 15.5. The van der Waals surface area contributed by atoms with Crippen LogP contribution in [0.2, 0.25) is 0 Å². The first kappa shape index (κ1) is 18.2. The summed E-state index contributed by atoms with van der Waals surface area (Å²) in [5.74, 6) is 1.14. The number of nitrogens with zero attached hydrogens (tertiary/aromatic N) is 1. The molecular weight excluding hydrogens is 342 g/mol. The van der Waals surface area contributed by atoms with Gasteiger partial charge >= 0.3 is 0 Å². The van der Waals surface area contributed by atoms with Crippen molar-refractivity contribution in [1.29, 1.82) is 0 Å². The summed E-state index contributed by atoms with van der Waals surface area (Å²) in [4.78, 5) is 4.92. The van der Waals surface area contributed by atoms with Crippen LogP contribution in [-0.4, -0.2) is 28.5 Å². The average Bonchev–Trinajstić information content (AvgIpc) is 3.40. The van der Waals surface area contributed by atoms with Crippen LogP contribution in [-0.2, 0) is 10.8 Å². The van der Waals surface area contributed by atoms with E-state index in [1.54, 1.807) is 26.1 Å². The van der Waals surface area contributed by atoms with E-state index in [0.717, 1.165) is 18.4 Å². The van der Waals surface area contributed by atoms with Gasteiger partial charge < -0.3 is 5.32 Å². The summed E-state index contributed by atoms with van der Waals surface area (Å²) >= 11 is 0. The van der Waals surface area contributed by atoms with Gasteiger partial charge in [0.1, 0.15) is 11.7 Å². The Hall–Kier alpha value is -1.56. The Morgan fingerprint density at radius 2 is 2.16 bits per heavy atom. The van der Waals surface area contributed by atoms with E-state index in [1.165, 1.54) is 6.07 Å². The van der Waals surface area contributed by atoms with Crippen molar-refractivity contribution in [1.82, 2.24) is 5.32 Å². The van der Waals surface area contributed by atoms with E-state index in [-0.39, 0.29) is 5.82 Å². The zero-order valence-electron chi connectivity index (χ0n) is 14.6. The lowest BCUT2D eigenvalue weighted by Gasteiger charge is -2.12. The second-order valence-electron chi connectivity index (χ2n) is 6.76. The second-order valence-corrected chi connectivity index (χ2v) is 8.22. The smallest absolute Gasteiger partial charge is 0.157 e. The van der Waals surface area contributed by atoms with E-state index in [0.29, 0.717) is 52.9 Å². The predicted octanol–water partition coefficient (Wildman–Crippen LogP) is 4.13. The van der Waals surface area contributed by atoms with Gasteiger partial charge in [-0.05, 0) is 61.8 Å². The maximum atomic E-state index is 14.5. The van der Waals surface area contributed by atoms with Crippen LogP contribution in [0.1, 0.15) is 43.7 Å². The lowest BCUT2D eigenvalue weighted by Crippen LogP contribution is -2.27. The van der Waals surface area contributed by atoms with E-state index >= 15 is 0 Å². The molecule has 0 amide bonds. The van der Waals surface area contributed by atoms with Crippen LogP contribution in [0.5, 0.6) is 0 Å². The number of amidine groups is 1. The molecular formula is C19H24F2N2OS. The van der Waals surface area contributed by atoms with E-state index in [9.17, 15) is 13.0 Å². The highest BCUT2D eigenvalue weighted by Crippen LogP contribution is 2.33. The first-order valence-electron chi connectivity index (χ1n) is 8.82. The molecule has 2 unspecified atom stereocenters. The molecule has 25 heavy (non-hydrogen) atoms. The quantitative estimate of drug-likeness (QED) is 0.822. The normalized spacial score (nSPS) is 20.2. The zero-order chi connectivity index (χ0) is 18.0. The number of hydrogen-bond acceptors (Lipinski definition) is 3. The fourth-order valence-electron chi connectivity index (χ4n) is 2.90. The van der Waals surface area contributed by atoms with Gasteiger partial charge in [0, 0.05) is 29.0 Å². The number of nitrogens with one attached hydrogen (secondary N) is 1. The molecule has 0 bridgehead atoms. The van der Waals surface area contributed by atoms with Crippen LogP contribution in [0.3, 0.4) is 0 Å². The van der Waals surface area contributed by atoms with Gasteiger partial charge in [0.2, 0.25) is 0 Å². The number of alkyl halides is 1. The molecule has 1 aromatic rings. The highest BCUT2D eigenvalue weighted by atomic mass is 32.2. The van der Waals surface area contributed by atoms with Crippen LogP contribution in [0.4, 0.5) is 8.78 Å². The molecule has 1 aliphatic carbocycles. The van der Waals surface area contributed by atoms with E-state index in [2.05, 4.69) is 10.3 Å². The standard InChI is InChI=1S/C19H24F2N2OS/c1-3-16(20)19-22-7-6-14(10-23-19)15-9-18(12(2)8-17(15)21)25(24)11-13-4-5-13/h8-10,13,16H,3-7,11H2,1-2H3,(H,22,23). The van der Waals surface area contributed by atoms with Crippen molar-refractivity contribution in [2.75, 3.05) is 12.3 Å². The molecule has 0 aromatic heterocycles. The Bertz CT molecular complexity index is 741. The number of aryl methyl sites for hydroxylation is 1. The Morgan fingerprint density at radius 1 is 1.40 bits per heavy atom. The lowest BCUT2D eigenvalue weighted by molar-refractivity contribution is 0.408. The van der Waals surface area contributed by atoms with Gasteiger partial charge in [-0.25, -0.2) is 8.78 Å². The largest absolute Gasteiger partial charge is 0.348 e. The number of halogens is 2. The van der Waals surface area contributed by atoms with E-state index in [4.69, 9.17) is 0 Å². The third-order valence-electron chi connectivity index (χ3n) is 4.65. The fraction of sp³-hybridized carbons (Fsp3) is 0.526. The number of benzene rings is 1. The maximum Gasteiger partial charge on any atom is 0.157 e. The van der Waals surface area contributed by atoms with Crippen LogP contribution in [0.25, 0.3) is 5.57 Å². The van der Waals surface area contributed by atoms with Crippen molar-refractivity contribution in [2.45, 2.75) is 50.6 Å². The second kappa shape index (κ2) is 7.77. The topological polar surface area (TPSA) is 41.5 Å². The Kier molecular flexibility index (Phi) is 5.67. The summed E-state index contributed by atoms with van der Waals surface area (Å²) in [6, 6.07) is 3.15. The third-order valence-corrected chi connectivity index (χ3v) is 6.36. The maximum absolute atomic E-state index is 14.5. The van der Waals surface area contributed by atoms with Gasteiger partial charge in [-0.2, -0.15) is 0 Å². The Balaban J connectivity index is 1.86. The fourth-order valence-corrected chi connectivity index (χ4v) is 4.51. The van der Waals surface area contributed by atoms with Crippen molar-refractivity contribution in [3.05, 3.63) is 35.3 Å². The average molecular weight is 366 g/mol. The SMILES string of the molecule is CCC(F)C1=NCCC(c2cc(S(=O)CC3CC3)c(C)cc2F)=CN1. The third kappa shape index (κ3) is 4.35. The summed E-state index contributed by atoms with van der Waals surface area (Å²) in [6.45, 7) is 3.96. The molecule has 1 fully saturated rings. The molecule has 2 aliphatic rings. The summed E-state index contributed by atoms with van der Waals surface area (Å²) in [5.41, 5.74) is 1.87. The van der Waals surface area contributed by atoms with Crippen molar-refractivity contribution in [2.24, 2.45) is 10.9 Å². The first-order chi connectivity index (χ1) is 12.0. The molecule has 3 nitrogen and oxygen atoms in total. The van der Waals surface area contributed by atoms with Gasteiger partial charge in [0.05, 0.1) is 10.8 Å². The number of rotatable bonds is 6. The molecule has 3 rings (SSSR count). The molecule has 1 saturated carbocycles. The summed E-state index contributed by atoms with van der Waals surface area (Å²) in [6.07, 6.45) is 3.63. The van der Waals surface area contributed by atoms with Gasteiger partial charge in [-0.15, -0.1) is 0 Å². The molecule has 1 N–H and O–H groups in total. The molecule has 2 atom stereocenters. The van der Waals surface area contributed by atoms with Crippen molar-refractivity contribution in [3.8, 4) is 0 Å². The molecule has 0 spiro atoms. The van der Waals surface area contributed by atoms with Crippen LogP contribution < -0.4 is 5.32 Å². The summed E-state index contributed by atoms with van der Waals surface area (Å²) < 4.78 is 40.9. The molecule has 0 saturated heterocycles. The summed E-state index contributed by atoms with van der Waals surface area (Å²) in [7, 11) is -1.11. The lowest BCUT2D eigenvalue weighted by atomic mass is 10.0. The molecule has 1 aliphatic heterocycles. The first-order valence-corrected chi connectivity index (χ1v) is 10.1. The van der Waals surface area contributed by atoms with Gasteiger partial charge in [0.15, 0.2) is 6.17 Å². The number of hydrogen-bond donors (Lipinski definition) is 1. The molecule has 6 heteroatoms. The van der Waals surface area contributed by atoms with Crippen LogP contribution >= 0.6 is 0 Å². The van der Waals surface area contributed by atoms with Gasteiger partial charge in [-0.3, -0.25) is 9.20 Å². The molecule has 1 aromatic carbocycles. The van der Waals surface area contributed by atoms with Crippen molar-refractivity contribution >= 4 is 22.2 Å². The van der Waals surface area contributed by atoms with Crippen molar-refractivity contribution in [3.63, 3.8) is 0 Å². The number of aliphatic imine (C=N–C) groups is 1. The Labute approximate surface area is 150 Å². The van der Waals surface area contributed by atoms with Gasteiger partial charge in [0.25, 0.3) is 0 Å². The summed E-state index contributed by atoms with van der Waals surface area (Å²) in [5, 5.41) is 2.88. The van der Waals surface area contributed by atoms with Crippen LogP contribution in [0.15, 0.2) is 28.2 Å². The van der Waals surface area contributed by atoms with Crippen molar-refractivity contribution < 1.29 is 13.0 Å². The molecule has 1 heterocycles. The molecule has 136 valence electrons. The Morgan fingerprint density at radius 3 is 2.84 bits per heavy atom. The minimum atomic E-state index is -1.14. The molecule has 0 radical (unpaired) electrons. The van der Waals surface area contributed by atoms with Crippen LogP contribution in [0, 0.1) is 18.7 Å². The van der Waals surface area contributed by atoms with E-state index in [1.807, 2.05) is 0 Å². The highest BCUT2D eigenvalue weighted by molar-refractivity contribution is 7.85. The minimum absolute atomic E-state index is 0.294. The monoisotopic (exact) mass is 366 g/mol. The minimum Gasteiger partial charge on any atom is -0.348 e. The van der Waals surface area contributed by atoms with E-state index < -0.39 is 17.0 Å².